The van der Waals surface area contributed by atoms with E-state index in [0.29, 0.717) is 5.60 Å². The third kappa shape index (κ3) is 2.45. The van der Waals surface area contributed by atoms with Gasteiger partial charge in [0.15, 0.2) is 0 Å². The van der Waals surface area contributed by atoms with Crippen molar-refractivity contribution in [3.05, 3.63) is 0 Å². The number of hydrogen-bond acceptors (Lipinski definition) is 3. The van der Waals surface area contributed by atoms with E-state index in [1.54, 1.807) is 0 Å². The lowest BCUT2D eigenvalue weighted by molar-refractivity contribution is -0.149. The van der Waals surface area contributed by atoms with Crippen LogP contribution in [0, 0.1) is 0 Å². The van der Waals surface area contributed by atoms with Crippen molar-refractivity contribution in [3.8, 4) is 0 Å². The van der Waals surface area contributed by atoms with Gasteiger partial charge in [0.05, 0.1) is 5.60 Å². The standard InChI is InChI=1S/C15H28N2O/c16-9-1-4-13-5-2-10-17(13)14-6-11-18-15(12-14)7-3-8-15/h13-14H,1-12,16H2. The van der Waals surface area contributed by atoms with Crippen LogP contribution in [0.1, 0.15) is 57.8 Å². The second-order valence-electron chi connectivity index (χ2n) is 6.50. The molecule has 104 valence electrons. The summed E-state index contributed by atoms with van der Waals surface area (Å²) in [5.74, 6) is 0. The maximum atomic E-state index is 6.06. The Morgan fingerprint density at radius 3 is 2.83 bits per heavy atom. The van der Waals surface area contributed by atoms with Crippen LogP contribution >= 0.6 is 0 Å². The topological polar surface area (TPSA) is 38.5 Å². The van der Waals surface area contributed by atoms with Crippen molar-refractivity contribution < 1.29 is 4.74 Å². The first-order chi connectivity index (χ1) is 8.83. The molecule has 1 saturated carbocycles. The van der Waals surface area contributed by atoms with Crippen LogP contribution in [-0.4, -0.2) is 42.3 Å². The van der Waals surface area contributed by atoms with Crippen molar-refractivity contribution in [2.24, 2.45) is 5.73 Å². The zero-order valence-corrected chi connectivity index (χ0v) is 11.6. The Morgan fingerprint density at radius 1 is 1.22 bits per heavy atom. The number of likely N-dealkylation sites (tertiary alicyclic amines) is 1. The third-order valence-corrected chi connectivity index (χ3v) is 5.36. The summed E-state index contributed by atoms with van der Waals surface area (Å²) in [4.78, 5) is 2.80. The maximum absolute atomic E-state index is 6.06. The molecule has 1 spiro atoms. The SMILES string of the molecule is NCCCC1CCCN1C1CCOC2(CCC2)C1. The summed E-state index contributed by atoms with van der Waals surface area (Å²) in [5.41, 5.74) is 5.96. The quantitative estimate of drug-likeness (QED) is 0.834. The van der Waals surface area contributed by atoms with Gasteiger partial charge in [-0.15, -0.1) is 0 Å². The van der Waals surface area contributed by atoms with Crippen molar-refractivity contribution in [1.29, 1.82) is 0 Å². The molecule has 2 N–H and O–H groups in total. The Balaban J connectivity index is 1.58. The molecule has 1 aliphatic carbocycles. The molecule has 2 unspecified atom stereocenters. The second kappa shape index (κ2) is 5.48. The first-order valence-corrected chi connectivity index (χ1v) is 7.93. The van der Waals surface area contributed by atoms with E-state index in [-0.39, 0.29) is 0 Å². The van der Waals surface area contributed by atoms with Gasteiger partial charge < -0.3 is 10.5 Å². The Morgan fingerprint density at radius 2 is 2.11 bits per heavy atom. The fourth-order valence-electron chi connectivity index (χ4n) is 4.21. The molecule has 3 rings (SSSR count). The highest BCUT2D eigenvalue weighted by Crippen LogP contribution is 2.44. The fourth-order valence-corrected chi connectivity index (χ4v) is 4.21. The monoisotopic (exact) mass is 252 g/mol. The molecular formula is C15H28N2O. The third-order valence-electron chi connectivity index (χ3n) is 5.36. The lowest BCUT2D eigenvalue weighted by atomic mass is 9.73. The summed E-state index contributed by atoms with van der Waals surface area (Å²) < 4.78 is 6.06. The highest BCUT2D eigenvalue weighted by Gasteiger charge is 2.45. The van der Waals surface area contributed by atoms with Gasteiger partial charge in [-0.3, -0.25) is 4.90 Å². The lowest BCUT2D eigenvalue weighted by Crippen LogP contribution is -2.53. The van der Waals surface area contributed by atoms with E-state index in [9.17, 15) is 0 Å². The molecule has 0 radical (unpaired) electrons. The fraction of sp³-hybridized carbons (Fsp3) is 1.00. The predicted molar refractivity (Wildman–Crippen MR) is 73.6 cm³/mol. The van der Waals surface area contributed by atoms with Gasteiger partial charge in [-0.2, -0.15) is 0 Å². The number of ether oxygens (including phenoxy) is 1. The second-order valence-corrected chi connectivity index (χ2v) is 6.50. The van der Waals surface area contributed by atoms with Crippen LogP contribution in [0.15, 0.2) is 0 Å². The van der Waals surface area contributed by atoms with Crippen LogP contribution in [0.4, 0.5) is 0 Å². The van der Waals surface area contributed by atoms with Gasteiger partial charge in [-0.25, -0.2) is 0 Å². The van der Waals surface area contributed by atoms with E-state index < -0.39 is 0 Å². The van der Waals surface area contributed by atoms with Gasteiger partial charge in [0, 0.05) is 18.7 Å². The van der Waals surface area contributed by atoms with E-state index in [0.717, 1.165) is 25.2 Å². The maximum Gasteiger partial charge on any atom is 0.0697 e. The summed E-state index contributed by atoms with van der Waals surface area (Å²) in [6, 6.07) is 1.61. The normalized spacial score (nSPS) is 35.8. The van der Waals surface area contributed by atoms with Crippen molar-refractivity contribution in [3.63, 3.8) is 0 Å². The Hall–Kier alpha value is -0.120. The lowest BCUT2D eigenvalue weighted by Gasteiger charge is -2.50. The van der Waals surface area contributed by atoms with Gasteiger partial charge in [0.2, 0.25) is 0 Å². The van der Waals surface area contributed by atoms with Gasteiger partial charge in [-0.1, -0.05) is 0 Å². The molecule has 18 heavy (non-hydrogen) atoms. The molecule has 3 aliphatic rings. The van der Waals surface area contributed by atoms with E-state index in [4.69, 9.17) is 10.5 Å². The molecule has 0 aromatic carbocycles. The van der Waals surface area contributed by atoms with Gasteiger partial charge in [0.25, 0.3) is 0 Å². The van der Waals surface area contributed by atoms with Gasteiger partial charge >= 0.3 is 0 Å². The summed E-state index contributed by atoms with van der Waals surface area (Å²) in [5, 5.41) is 0. The molecule has 3 nitrogen and oxygen atoms in total. The zero-order chi connectivity index (χ0) is 12.4. The summed E-state index contributed by atoms with van der Waals surface area (Å²) in [6.07, 6.45) is 11.8. The number of nitrogens with zero attached hydrogens (tertiary/aromatic N) is 1. The van der Waals surface area contributed by atoms with Crippen LogP contribution in [0.5, 0.6) is 0 Å². The molecule has 0 aromatic heterocycles. The number of rotatable bonds is 4. The van der Waals surface area contributed by atoms with Crippen LogP contribution < -0.4 is 5.73 Å². The Kier molecular flexibility index (Phi) is 3.92. The molecule has 0 bridgehead atoms. The summed E-state index contributed by atoms with van der Waals surface area (Å²) >= 11 is 0. The first kappa shape index (κ1) is 12.9. The van der Waals surface area contributed by atoms with Gasteiger partial charge in [-0.05, 0) is 70.9 Å². The smallest absolute Gasteiger partial charge is 0.0697 e. The number of nitrogens with two attached hydrogens (primary N) is 1. The predicted octanol–water partition coefficient (Wildman–Crippen LogP) is 2.29. The molecular weight excluding hydrogens is 224 g/mol. The minimum absolute atomic E-state index is 0.296. The summed E-state index contributed by atoms with van der Waals surface area (Å²) in [7, 11) is 0. The summed E-state index contributed by atoms with van der Waals surface area (Å²) in [6.45, 7) is 3.16. The van der Waals surface area contributed by atoms with E-state index in [1.165, 1.54) is 64.3 Å². The Bertz CT molecular complexity index is 278. The highest BCUT2D eigenvalue weighted by molar-refractivity contribution is 4.98. The largest absolute Gasteiger partial charge is 0.375 e. The minimum atomic E-state index is 0.296. The van der Waals surface area contributed by atoms with E-state index in [1.807, 2.05) is 0 Å². The van der Waals surface area contributed by atoms with Crippen LogP contribution in [-0.2, 0) is 4.74 Å². The molecule has 2 aliphatic heterocycles. The molecule has 0 aromatic rings. The molecule has 2 heterocycles. The first-order valence-electron chi connectivity index (χ1n) is 7.93. The van der Waals surface area contributed by atoms with Crippen molar-refractivity contribution in [1.82, 2.24) is 4.90 Å². The van der Waals surface area contributed by atoms with Crippen LogP contribution in [0.2, 0.25) is 0 Å². The zero-order valence-electron chi connectivity index (χ0n) is 11.6. The van der Waals surface area contributed by atoms with E-state index in [2.05, 4.69) is 4.90 Å². The molecule has 3 fully saturated rings. The van der Waals surface area contributed by atoms with Gasteiger partial charge in [0.1, 0.15) is 0 Å². The minimum Gasteiger partial charge on any atom is -0.375 e. The van der Waals surface area contributed by atoms with Crippen molar-refractivity contribution in [2.75, 3.05) is 19.7 Å². The van der Waals surface area contributed by atoms with Crippen molar-refractivity contribution in [2.45, 2.75) is 75.5 Å². The average Bonchev–Trinajstić information content (AvgIpc) is 2.83. The van der Waals surface area contributed by atoms with E-state index >= 15 is 0 Å². The van der Waals surface area contributed by atoms with Crippen LogP contribution in [0.3, 0.4) is 0 Å². The average molecular weight is 252 g/mol. The molecule has 2 atom stereocenters. The number of hydrogen-bond donors (Lipinski definition) is 1. The molecule has 0 amide bonds. The van der Waals surface area contributed by atoms with Crippen LogP contribution in [0.25, 0.3) is 0 Å². The highest BCUT2D eigenvalue weighted by atomic mass is 16.5. The molecule has 2 saturated heterocycles. The van der Waals surface area contributed by atoms with Crippen molar-refractivity contribution >= 4 is 0 Å². The molecule has 3 heteroatoms. The Labute approximate surface area is 111 Å².